The number of thioether (sulfide) groups is 1. The van der Waals surface area contributed by atoms with E-state index in [1.54, 1.807) is 0 Å². The van der Waals surface area contributed by atoms with Crippen LogP contribution < -0.4 is 5.32 Å². The van der Waals surface area contributed by atoms with Crippen molar-refractivity contribution in [2.24, 2.45) is 0 Å². The Hall–Kier alpha value is -1.25. The molecule has 0 spiro atoms. The Balaban J connectivity index is 1.97. The maximum Gasteiger partial charge on any atom is 0.0412 e. The van der Waals surface area contributed by atoms with Gasteiger partial charge < -0.3 is 5.32 Å². The first-order valence-corrected chi connectivity index (χ1v) is 6.79. The molecule has 2 aromatic rings. The van der Waals surface area contributed by atoms with E-state index in [9.17, 15) is 0 Å². The van der Waals surface area contributed by atoms with Gasteiger partial charge in [0.2, 0.25) is 0 Å². The summed E-state index contributed by atoms with van der Waals surface area (Å²) in [5, 5.41) is 3.37. The van der Waals surface area contributed by atoms with Gasteiger partial charge in [-0.05, 0) is 24.7 Å². The fraction of sp³-hybridized carbons (Fsp3) is 0.200. The Morgan fingerprint density at radius 2 is 1.53 bits per heavy atom. The zero-order valence-electron chi connectivity index (χ0n) is 9.97. The molecule has 17 heavy (non-hydrogen) atoms. The van der Waals surface area contributed by atoms with E-state index in [4.69, 9.17) is 0 Å². The number of rotatable bonds is 5. The van der Waals surface area contributed by atoms with Crippen molar-refractivity contribution in [2.75, 3.05) is 12.8 Å². The Bertz CT molecular complexity index is 427. The summed E-state index contributed by atoms with van der Waals surface area (Å²) in [5.41, 5.74) is 1.35. The maximum absolute atomic E-state index is 3.37. The summed E-state index contributed by atoms with van der Waals surface area (Å²) in [4.78, 5) is 1.32. The quantitative estimate of drug-likeness (QED) is 0.803. The zero-order chi connectivity index (χ0) is 11.9. The topological polar surface area (TPSA) is 12.0 Å². The van der Waals surface area contributed by atoms with Crippen molar-refractivity contribution in [1.29, 1.82) is 0 Å². The predicted octanol–water partition coefficient (Wildman–Crippen LogP) is 3.74. The lowest BCUT2D eigenvalue weighted by atomic mass is 10.1. The largest absolute Gasteiger partial charge is 0.312 e. The smallest absolute Gasteiger partial charge is 0.0412 e. The van der Waals surface area contributed by atoms with Gasteiger partial charge in [-0.15, -0.1) is 11.8 Å². The predicted molar refractivity (Wildman–Crippen MR) is 75.4 cm³/mol. The van der Waals surface area contributed by atoms with Crippen LogP contribution in [0.3, 0.4) is 0 Å². The van der Waals surface area contributed by atoms with Crippen molar-refractivity contribution in [3.63, 3.8) is 0 Å². The summed E-state index contributed by atoms with van der Waals surface area (Å²) in [6, 6.07) is 21.5. The molecule has 0 bridgehead atoms. The second-order valence-corrected chi connectivity index (χ2v) is 4.97. The van der Waals surface area contributed by atoms with Crippen LogP contribution in [0.4, 0.5) is 0 Å². The number of nitrogens with one attached hydrogen (secondary N) is 1. The van der Waals surface area contributed by atoms with Gasteiger partial charge >= 0.3 is 0 Å². The molecule has 0 aromatic heterocycles. The Kier molecular flexibility index (Phi) is 4.65. The molecule has 88 valence electrons. The average Bonchev–Trinajstić information content (AvgIpc) is 2.42. The molecule has 0 heterocycles. The van der Waals surface area contributed by atoms with Gasteiger partial charge in [-0.25, -0.2) is 0 Å². The molecule has 0 fully saturated rings. The van der Waals surface area contributed by atoms with Gasteiger partial charge in [0, 0.05) is 16.7 Å². The van der Waals surface area contributed by atoms with Crippen LogP contribution in [0.2, 0.25) is 0 Å². The normalized spacial score (nSPS) is 12.3. The molecule has 0 saturated carbocycles. The highest BCUT2D eigenvalue weighted by Crippen LogP contribution is 2.24. The molecular formula is C15H17NS. The summed E-state index contributed by atoms with van der Waals surface area (Å²) in [6.07, 6.45) is 0. The number of hydrogen-bond acceptors (Lipinski definition) is 2. The first-order valence-electron chi connectivity index (χ1n) is 5.80. The molecule has 1 nitrogen and oxygen atoms in total. The summed E-state index contributed by atoms with van der Waals surface area (Å²) < 4.78 is 0. The van der Waals surface area contributed by atoms with E-state index in [-0.39, 0.29) is 0 Å². The fourth-order valence-electron chi connectivity index (χ4n) is 1.73. The minimum Gasteiger partial charge on any atom is -0.312 e. The van der Waals surface area contributed by atoms with E-state index in [1.807, 2.05) is 18.8 Å². The third-order valence-electron chi connectivity index (χ3n) is 2.71. The van der Waals surface area contributed by atoms with E-state index >= 15 is 0 Å². The van der Waals surface area contributed by atoms with Crippen LogP contribution in [0.15, 0.2) is 65.6 Å². The second kappa shape index (κ2) is 6.48. The van der Waals surface area contributed by atoms with Crippen LogP contribution >= 0.6 is 11.8 Å². The number of hydrogen-bond donors (Lipinski definition) is 1. The highest BCUT2D eigenvalue weighted by Gasteiger charge is 2.08. The monoisotopic (exact) mass is 243 g/mol. The van der Waals surface area contributed by atoms with Crippen LogP contribution in [0.1, 0.15) is 11.6 Å². The lowest BCUT2D eigenvalue weighted by molar-refractivity contribution is 0.662. The molecule has 2 rings (SSSR count). The Morgan fingerprint density at radius 3 is 2.12 bits per heavy atom. The van der Waals surface area contributed by atoms with Crippen LogP contribution in [0.5, 0.6) is 0 Å². The summed E-state index contributed by atoms with van der Waals surface area (Å²) >= 11 is 1.89. The molecule has 2 aromatic carbocycles. The highest BCUT2D eigenvalue weighted by atomic mass is 32.2. The molecular weight excluding hydrogens is 226 g/mol. The van der Waals surface area contributed by atoms with Crippen LogP contribution in [-0.2, 0) is 0 Å². The molecule has 0 aliphatic carbocycles. The van der Waals surface area contributed by atoms with Gasteiger partial charge in [0.1, 0.15) is 0 Å². The van der Waals surface area contributed by atoms with Crippen molar-refractivity contribution >= 4 is 11.8 Å². The minimum absolute atomic E-state index is 0.404. The Labute approximate surface area is 107 Å². The lowest BCUT2D eigenvalue weighted by Crippen LogP contribution is -2.18. The average molecular weight is 243 g/mol. The van der Waals surface area contributed by atoms with Gasteiger partial charge in [-0.1, -0.05) is 48.5 Å². The van der Waals surface area contributed by atoms with E-state index in [1.165, 1.54) is 10.5 Å². The van der Waals surface area contributed by atoms with Gasteiger partial charge in [0.05, 0.1) is 0 Å². The third-order valence-corrected chi connectivity index (χ3v) is 3.82. The summed E-state index contributed by atoms with van der Waals surface area (Å²) in [7, 11) is 2.02. The molecule has 0 aliphatic heterocycles. The molecule has 1 atom stereocenters. The first kappa shape index (κ1) is 12.2. The van der Waals surface area contributed by atoms with E-state index in [0.717, 1.165) is 5.75 Å². The second-order valence-electron chi connectivity index (χ2n) is 3.88. The molecule has 0 aliphatic rings. The maximum atomic E-state index is 3.37. The van der Waals surface area contributed by atoms with Crippen molar-refractivity contribution < 1.29 is 0 Å². The fourth-order valence-corrected chi connectivity index (χ4v) is 2.80. The minimum atomic E-state index is 0.404. The SMILES string of the molecule is CNC(CSc1ccccc1)c1ccccc1. The standard InChI is InChI=1S/C15H17NS/c1-16-15(13-8-4-2-5-9-13)12-17-14-10-6-3-7-11-14/h2-11,15-16H,12H2,1H3. The van der Waals surface area contributed by atoms with Crippen LogP contribution in [0, 0.1) is 0 Å². The van der Waals surface area contributed by atoms with E-state index in [0.29, 0.717) is 6.04 Å². The molecule has 0 radical (unpaired) electrons. The zero-order valence-corrected chi connectivity index (χ0v) is 10.8. The Morgan fingerprint density at radius 1 is 0.941 bits per heavy atom. The van der Waals surface area contributed by atoms with Gasteiger partial charge in [0.25, 0.3) is 0 Å². The van der Waals surface area contributed by atoms with Crippen molar-refractivity contribution in [2.45, 2.75) is 10.9 Å². The third kappa shape index (κ3) is 3.62. The van der Waals surface area contributed by atoms with E-state index in [2.05, 4.69) is 66.0 Å². The first-order chi connectivity index (χ1) is 8.40. The van der Waals surface area contributed by atoms with Gasteiger partial charge in [0.15, 0.2) is 0 Å². The molecule has 0 amide bonds. The van der Waals surface area contributed by atoms with E-state index < -0.39 is 0 Å². The van der Waals surface area contributed by atoms with Crippen molar-refractivity contribution in [1.82, 2.24) is 5.32 Å². The summed E-state index contributed by atoms with van der Waals surface area (Å²) in [5.74, 6) is 1.05. The molecule has 2 heteroatoms. The van der Waals surface area contributed by atoms with Gasteiger partial charge in [-0.3, -0.25) is 0 Å². The highest BCUT2D eigenvalue weighted by molar-refractivity contribution is 7.99. The van der Waals surface area contributed by atoms with Crippen LogP contribution in [0.25, 0.3) is 0 Å². The molecule has 0 saturated heterocycles. The summed E-state index contributed by atoms with van der Waals surface area (Å²) in [6.45, 7) is 0. The molecule has 1 unspecified atom stereocenters. The van der Waals surface area contributed by atoms with Gasteiger partial charge in [-0.2, -0.15) is 0 Å². The van der Waals surface area contributed by atoms with Crippen molar-refractivity contribution in [3.8, 4) is 0 Å². The lowest BCUT2D eigenvalue weighted by Gasteiger charge is -2.16. The van der Waals surface area contributed by atoms with Crippen molar-refractivity contribution in [3.05, 3.63) is 66.2 Å². The molecule has 1 N–H and O–H groups in total. The van der Waals surface area contributed by atoms with Crippen LogP contribution in [-0.4, -0.2) is 12.8 Å². The number of benzene rings is 2.